The van der Waals surface area contributed by atoms with E-state index < -0.39 is 0 Å². The molecule has 0 aromatic carbocycles. The molecule has 0 unspecified atom stereocenters. The van der Waals surface area contributed by atoms with E-state index >= 15 is 0 Å². The van der Waals surface area contributed by atoms with Crippen LogP contribution in [0.3, 0.4) is 0 Å². The molecule has 3 saturated carbocycles. The van der Waals surface area contributed by atoms with E-state index in [-0.39, 0.29) is 0 Å². The van der Waals surface area contributed by atoms with Gasteiger partial charge in [-0.2, -0.15) is 0 Å². The van der Waals surface area contributed by atoms with E-state index in [9.17, 15) is 0 Å². The number of hydrogen-bond acceptors (Lipinski definition) is 1. The maximum Gasteiger partial charge on any atom is 0.000481 e. The van der Waals surface area contributed by atoms with Gasteiger partial charge >= 0.3 is 0 Å². The van der Waals surface area contributed by atoms with Gasteiger partial charge in [0.2, 0.25) is 0 Å². The Morgan fingerprint density at radius 1 is 1.00 bits per heavy atom. The largest absolute Gasteiger partial charge is 0.319 e. The Hall–Kier alpha value is -0.0400. The molecule has 1 nitrogen and oxygen atoms in total. The normalized spacial score (nSPS) is 46.5. The molecule has 3 fully saturated rings. The molecule has 0 aliphatic heterocycles. The van der Waals surface area contributed by atoms with Crippen LogP contribution < -0.4 is 5.32 Å². The van der Waals surface area contributed by atoms with E-state index in [0.29, 0.717) is 5.41 Å². The molecule has 0 aromatic heterocycles. The fourth-order valence-corrected chi connectivity index (χ4v) is 3.09. The molecule has 3 aliphatic rings. The highest BCUT2D eigenvalue weighted by Crippen LogP contribution is 2.56. The van der Waals surface area contributed by atoms with Crippen LogP contribution in [0, 0.1) is 10.8 Å². The highest BCUT2D eigenvalue weighted by atomic mass is 14.8. The molecule has 0 amide bonds. The third kappa shape index (κ3) is 1.28. The minimum atomic E-state index is 0.701. The fourth-order valence-electron chi connectivity index (χ4n) is 3.09. The van der Waals surface area contributed by atoms with Gasteiger partial charge in [0.05, 0.1) is 0 Å². The number of nitrogens with one attached hydrogen (secondary N) is 1. The van der Waals surface area contributed by atoms with Crippen LogP contribution >= 0.6 is 0 Å². The van der Waals surface area contributed by atoms with Gasteiger partial charge in [0.25, 0.3) is 0 Å². The van der Waals surface area contributed by atoms with Crippen molar-refractivity contribution in [2.75, 3.05) is 13.6 Å². The van der Waals surface area contributed by atoms with Crippen molar-refractivity contribution in [1.82, 2.24) is 5.32 Å². The lowest BCUT2D eigenvalue weighted by atomic mass is 9.54. The second-order valence-corrected chi connectivity index (χ2v) is 5.34. The molecule has 0 spiro atoms. The van der Waals surface area contributed by atoms with Crippen molar-refractivity contribution >= 4 is 0 Å². The SMILES string of the molecule is CNCC12CCC(C)(CC1)CC2. The molecule has 0 saturated heterocycles. The van der Waals surface area contributed by atoms with Crippen LogP contribution in [0.15, 0.2) is 0 Å². The smallest absolute Gasteiger partial charge is 0.000481 e. The standard InChI is InChI=1S/C11H21N/c1-10-3-6-11(7-4-10,8-5-10)9-12-2/h12H,3-9H2,1-2H3. The summed E-state index contributed by atoms with van der Waals surface area (Å²) in [5.41, 5.74) is 1.43. The van der Waals surface area contributed by atoms with Crippen LogP contribution in [-0.2, 0) is 0 Å². The topological polar surface area (TPSA) is 12.0 Å². The lowest BCUT2D eigenvalue weighted by Gasteiger charge is -2.52. The molecule has 0 heterocycles. The van der Waals surface area contributed by atoms with Crippen molar-refractivity contribution in [1.29, 1.82) is 0 Å². The average Bonchev–Trinajstić information content (AvgIpc) is 2.08. The van der Waals surface area contributed by atoms with Gasteiger partial charge in [-0.25, -0.2) is 0 Å². The summed E-state index contributed by atoms with van der Waals surface area (Å²) in [6.07, 6.45) is 8.87. The van der Waals surface area contributed by atoms with E-state index in [1.165, 1.54) is 45.1 Å². The van der Waals surface area contributed by atoms with Crippen molar-refractivity contribution in [3.63, 3.8) is 0 Å². The molecule has 3 aliphatic carbocycles. The van der Waals surface area contributed by atoms with Gasteiger partial charge in [0, 0.05) is 6.54 Å². The van der Waals surface area contributed by atoms with Crippen molar-refractivity contribution in [3.8, 4) is 0 Å². The Kier molecular flexibility index (Phi) is 1.95. The fraction of sp³-hybridized carbons (Fsp3) is 1.00. The highest BCUT2D eigenvalue weighted by Gasteiger charge is 2.45. The monoisotopic (exact) mass is 167 g/mol. The Bertz CT molecular complexity index is 149. The van der Waals surface area contributed by atoms with E-state index in [0.717, 1.165) is 5.41 Å². The first-order valence-electron chi connectivity index (χ1n) is 5.33. The summed E-state index contributed by atoms with van der Waals surface area (Å²) in [6, 6.07) is 0. The van der Waals surface area contributed by atoms with E-state index in [2.05, 4.69) is 19.3 Å². The minimum absolute atomic E-state index is 0.701. The minimum Gasteiger partial charge on any atom is -0.319 e. The summed E-state index contributed by atoms with van der Waals surface area (Å²) < 4.78 is 0. The Morgan fingerprint density at radius 3 is 1.92 bits per heavy atom. The molecule has 12 heavy (non-hydrogen) atoms. The van der Waals surface area contributed by atoms with Crippen LogP contribution in [-0.4, -0.2) is 13.6 Å². The highest BCUT2D eigenvalue weighted by molar-refractivity contribution is 4.97. The molecule has 0 radical (unpaired) electrons. The van der Waals surface area contributed by atoms with Gasteiger partial charge in [-0.3, -0.25) is 0 Å². The average molecular weight is 167 g/mol. The molecule has 2 bridgehead atoms. The van der Waals surface area contributed by atoms with Crippen LogP contribution in [0.1, 0.15) is 45.4 Å². The molecular weight excluding hydrogens is 146 g/mol. The first kappa shape index (κ1) is 8.55. The molecule has 0 atom stereocenters. The second kappa shape index (κ2) is 2.73. The first-order chi connectivity index (χ1) is 5.68. The van der Waals surface area contributed by atoms with Crippen molar-refractivity contribution in [2.45, 2.75) is 45.4 Å². The van der Waals surface area contributed by atoms with E-state index in [1.54, 1.807) is 0 Å². The van der Waals surface area contributed by atoms with Gasteiger partial charge in [-0.15, -0.1) is 0 Å². The summed E-state index contributed by atoms with van der Waals surface area (Å²) in [4.78, 5) is 0. The van der Waals surface area contributed by atoms with Gasteiger partial charge in [-0.1, -0.05) is 6.92 Å². The summed E-state index contributed by atoms with van der Waals surface area (Å²) in [7, 11) is 2.09. The van der Waals surface area contributed by atoms with Crippen molar-refractivity contribution in [3.05, 3.63) is 0 Å². The third-order valence-electron chi connectivity index (χ3n) is 4.33. The van der Waals surface area contributed by atoms with E-state index in [4.69, 9.17) is 0 Å². The third-order valence-corrected chi connectivity index (χ3v) is 4.33. The lowest BCUT2D eigenvalue weighted by Crippen LogP contribution is -2.44. The van der Waals surface area contributed by atoms with Crippen LogP contribution in [0.4, 0.5) is 0 Å². The zero-order valence-corrected chi connectivity index (χ0v) is 8.45. The summed E-state index contributed by atoms with van der Waals surface area (Å²) in [5, 5.41) is 3.37. The number of hydrogen-bond donors (Lipinski definition) is 1. The predicted molar refractivity (Wildman–Crippen MR) is 52.2 cm³/mol. The summed E-state index contributed by atoms with van der Waals surface area (Å²) >= 11 is 0. The molecular formula is C11H21N. The molecule has 70 valence electrons. The Morgan fingerprint density at radius 2 is 1.50 bits per heavy atom. The van der Waals surface area contributed by atoms with Crippen LogP contribution in [0.25, 0.3) is 0 Å². The van der Waals surface area contributed by atoms with Gasteiger partial charge in [0.1, 0.15) is 0 Å². The van der Waals surface area contributed by atoms with Gasteiger partial charge in [-0.05, 0) is 56.4 Å². The zero-order valence-electron chi connectivity index (χ0n) is 8.45. The second-order valence-electron chi connectivity index (χ2n) is 5.34. The van der Waals surface area contributed by atoms with Crippen LogP contribution in [0.2, 0.25) is 0 Å². The molecule has 3 rings (SSSR count). The zero-order chi connectivity index (χ0) is 8.66. The quantitative estimate of drug-likeness (QED) is 0.666. The maximum absolute atomic E-state index is 3.37. The lowest BCUT2D eigenvalue weighted by molar-refractivity contribution is 0.00514. The molecule has 1 N–H and O–H groups in total. The Balaban J connectivity index is 2.04. The Labute approximate surface area is 75.9 Å². The number of fused-ring (bicyclic) bond motifs is 3. The molecule has 1 heteroatoms. The van der Waals surface area contributed by atoms with Gasteiger partial charge in [0.15, 0.2) is 0 Å². The maximum atomic E-state index is 3.37. The van der Waals surface area contributed by atoms with Crippen molar-refractivity contribution in [2.24, 2.45) is 10.8 Å². The van der Waals surface area contributed by atoms with E-state index in [1.807, 2.05) is 0 Å². The first-order valence-corrected chi connectivity index (χ1v) is 5.33. The van der Waals surface area contributed by atoms with Crippen molar-refractivity contribution < 1.29 is 0 Å². The summed E-state index contributed by atoms with van der Waals surface area (Å²) in [6.45, 7) is 3.73. The predicted octanol–water partition coefficient (Wildman–Crippen LogP) is 2.57. The van der Waals surface area contributed by atoms with Crippen LogP contribution in [0.5, 0.6) is 0 Å². The summed E-state index contributed by atoms with van der Waals surface area (Å²) in [5.74, 6) is 0. The molecule has 0 aromatic rings. The van der Waals surface area contributed by atoms with Gasteiger partial charge < -0.3 is 5.32 Å². The number of rotatable bonds is 2.